The minimum atomic E-state index is -0.596. The summed E-state index contributed by atoms with van der Waals surface area (Å²) in [6, 6.07) is 14.3. The van der Waals surface area contributed by atoms with Crippen molar-refractivity contribution in [3.63, 3.8) is 0 Å². The molecule has 0 aliphatic heterocycles. The first-order chi connectivity index (χ1) is 13.8. The van der Waals surface area contributed by atoms with Gasteiger partial charge in [-0.1, -0.05) is 60.5 Å². The standard InChI is InChI=1S/C23H28Cl2N2O2/c1-4-16(2)26-23(29)17(3)27(15-18-8-7-10-20(24)14-18)22(28)13-12-19-9-5-6-11-21(19)25/h5-11,14,16-17H,4,12-13,15H2,1-3H3,(H,26,29)/t16-,17+/m1/s1. The van der Waals surface area contributed by atoms with E-state index in [1.54, 1.807) is 17.9 Å². The molecule has 156 valence electrons. The Kier molecular flexibility index (Phi) is 8.99. The van der Waals surface area contributed by atoms with E-state index >= 15 is 0 Å². The van der Waals surface area contributed by atoms with Crippen LogP contribution in [-0.2, 0) is 22.6 Å². The molecule has 1 N–H and O–H groups in total. The predicted octanol–water partition coefficient (Wildman–Crippen LogP) is 5.26. The average Bonchev–Trinajstić information content (AvgIpc) is 2.70. The zero-order valence-corrected chi connectivity index (χ0v) is 18.6. The molecule has 2 aromatic rings. The van der Waals surface area contributed by atoms with Gasteiger partial charge in [-0.05, 0) is 56.0 Å². The van der Waals surface area contributed by atoms with Gasteiger partial charge >= 0.3 is 0 Å². The number of nitrogens with zero attached hydrogens (tertiary/aromatic N) is 1. The number of carbonyl (C=O) groups is 2. The van der Waals surface area contributed by atoms with Crippen LogP contribution in [0.5, 0.6) is 0 Å². The fourth-order valence-corrected chi connectivity index (χ4v) is 3.41. The molecular weight excluding hydrogens is 407 g/mol. The van der Waals surface area contributed by atoms with Gasteiger partial charge in [0.2, 0.25) is 11.8 Å². The first-order valence-corrected chi connectivity index (χ1v) is 10.6. The van der Waals surface area contributed by atoms with Crippen LogP contribution >= 0.6 is 23.2 Å². The van der Waals surface area contributed by atoms with Gasteiger partial charge in [-0.25, -0.2) is 0 Å². The molecular formula is C23H28Cl2N2O2. The molecule has 2 rings (SSSR count). The number of amides is 2. The van der Waals surface area contributed by atoms with Crippen molar-refractivity contribution in [3.05, 3.63) is 69.7 Å². The number of nitrogens with one attached hydrogen (secondary N) is 1. The van der Waals surface area contributed by atoms with Crippen molar-refractivity contribution in [1.29, 1.82) is 0 Å². The van der Waals surface area contributed by atoms with Crippen LogP contribution in [0, 0.1) is 0 Å². The zero-order valence-electron chi connectivity index (χ0n) is 17.1. The van der Waals surface area contributed by atoms with Crippen LogP contribution in [0.2, 0.25) is 10.0 Å². The second kappa shape index (κ2) is 11.2. The molecule has 29 heavy (non-hydrogen) atoms. The van der Waals surface area contributed by atoms with Gasteiger partial charge in [-0.3, -0.25) is 9.59 Å². The molecule has 0 saturated heterocycles. The molecule has 0 spiro atoms. The smallest absolute Gasteiger partial charge is 0.242 e. The molecule has 0 aliphatic carbocycles. The molecule has 0 aliphatic rings. The lowest BCUT2D eigenvalue weighted by atomic mass is 10.1. The summed E-state index contributed by atoms with van der Waals surface area (Å²) in [6.07, 6.45) is 1.61. The van der Waals surface area contributed by atoms with E-state index < -0.39 is 6.04 Å². The topological polar surface area (TPSA) is 49.4 Å². The van der Waals surface area contributed by atoms with Gasteiger partial charge in [0, 0.05) is 29.1 Å². The molecule has 2 atom stereocenters. The summed E-state index contributed by atoms with van der Waals surface area (Å²) in [4.78, 5) is 27.4. The second-order valence-electron chi connectivity index (χ2n) is 7.24. The van der Waals surface area contributed by atoms with Crippen LogP contribution in [0.1, 0.15) is 44.7 Å². The Bertz CT molecular complexity index is 841. The Hall–Kier alpha value is -2.04. The van der Waals surface area contributed by atoms with Crippen LogP contribution in [0.25, 0.3) is 0 Å². The highest BCUT2D eigenvalue weighted by Crippen LogP contribution is 2.19. The van der Waals surface area contributed by atoms with Crippen molar-refractivity contribution in [2.24, 2.45) is 0 Å². The van der Waals surface area contributed by atoms with Crippen molar-refractivity contribution in [1.82, 2.24) is 10.2 Å². The number of benzene rings is 2. The summed E-state index contributed by atoms with van der Waals surface area (Å²) < 4.78 is 0. The highest BCUT2D eigenvalue weighted by atomic mass is 35.5. The molecule has 2 aromatic carbocycles. The van der Waals surface area contributed by atoms with Gasteiger partial charge in [-0.2, -0.15) is 0 Å². The van der Waals surface area contributed by atoms with Crippen molar-refractivity contribution in [3.8, 4) is 0 Å². The van der Waals surface area contributed by atoms with E-state index in [1.165, 1.54) is 0 Å². The van der Waals surface area contributed by atoms with E-state index in [1.807, 2.05) is 56.3 Å². The summed E-state index contributed by atoms with van der Waals surface area (Å²) in [6.45, 7) is 6.03. The molecule has 0 bridgehead atoms. The number of hydrogen-bond acceptors (Lipinski definition) is 2. The molecule has 6 heteroatoms. The normalized spacial score (nSPS) is 12.9. The molecule has 0 aromatic heterocycles. The van der Waals surface area contributed by atoms with Crippen molar-refractivity contribution in [2.45, 2.75) is 58.7 Å². The van der Waals surface area contributed by atoms with Gasteiger partial charge in [0.15, 0.2) is 0 Å². The second-order valence-corrected chi connectivity index (χ2v) is 8.08. The third-order valence-corrected chi connectivity index (χ3v) is 5.58. The van der Waals surface area contributed by atoms with Crippen molar-refractivity contribution in [2.75, 3.05) is 0 Å². The van der Waals surface area contributed by atoms with Crippen LogP contribution in [-0.4, -0.2) is 28.8 Å². The van der Waals surface area contributed by atoms with E-state index in [-0.39, 0.29) is 24.3 Å². The first kappa shape index (κ1) is 23.2. The molecule has 2 amide bonds. The average molecular weight is 435 g/mol. The number of hydrogen-bond donors (Lipinski definition) is 1. The zero-order chi connectivity index (χ0) is 21.4. The van der Waals surface area contributed by atoms with Gasteiger partial charge in [0.1, 0.15) is 6.04 Å². The van der Waals surface area contributed by atoms with E-state index in [9.17, 15) is 9.59 Å². The van der Waals surface area contributed by atoms with Gasteiger partial charge in [0.05, 0.1) is 0 Å². The lowest BCUT2D eigenvalue weighted by Gasteiger charge is -2.30. The maximum absolute atomic E-state index is 13.1. The Morgan fingerprint density at radius 1 is 1.07 bits per heavy atom. The number of carbonyl (C=O) groups excluding carboxylic acids is 2. The number of halogens is 2. The quantitative estimate of drug-likeness (QED) is 0.584. The third kappa shape index (κ3) is 7.06. The SMILES string of the molecule is CC[C@@H](C)NC(=O)[C@H](C)N(Cc1cccc(Cl)c1)C(=O)CCc1ccccc1Cl. The minimum Gasteiger partial charge on any atom is -0.352 e. The van der Waals surface area contributed by atoms with Crippen LogP contribution in [0.3, 0.4) is 0 Å². The molecule has 0 fully saturated rings. The highest BCUT2D eigenvalue weighted by Gasteiger charge is 2.26. The predicted molar refractivity (Wildman–Crippen MR) is 119 cm³/mol. The Morgan fingerprint density at radius 2 is 1.79 bits per heavy atom. The molecule has 4 nitrogen and oxygen atoms in total. The fourth-order valence-electron chi connectivity index (χ4n) is 2.97. The summed E-state index contributed by atoms with van der Waals surface area (Å²) in [5.74, 6) is -0.260. The van der Waals surface area contributed by atoms with Gasteiger partial charge in [0.25, 0.3) is 0 Å². The largest absolute Gasteiger partial charge is 0.352 e. The maximum atomic E-state index is 13.1. The van der Waals surface area contributed by atoms with E-state index in [0.717, 1.165) is 17.5 Å². The summed E-state index contributed by atoms with van der Waals surface area (Å²) in [5.41, 5.74) is 1.80. The van der Waals surface area contributed by atoms with Crippen molar-refractivity contribution < 1.29 is 9.59 Å². The van der Waals surface area contributed by atoms with Crippen LogP contribution in [0.15, 0.2) is 48.5 Å². The number of rotatable bonds is 9. The summed E-state index contributed by atoms with van der Waals surface area (Å²) in [5, 5.41) is 4.21. The third-order valence-electron chi connectivity index (χ3n) is 4.98. The minimum absolute atomic E-state index is 0.0520. The fraction of sp³-hybridized carbons (Fsp3) is 0.391. The monoisotopic (exact) mass is 434 g/mol. The molecule has 0 saturated carbocycles. The van der Waals surface area contributed by atoms with Gasteiger partial charge < -0.3 is 10.2 Å². The van der Waals surface area contributed by atoms with Crippen molar-refractivity contribution >= 4 is 35.0 Å². The lowest BCUT2D eigenvalue weighted by molar-refractivity contribution is -0.140. The molecule has 0 unspecified atom stereocenters. The lowest BCUT2D eigenvalue weighted by Crippen LogP contribution is -2.49. The van der Waals surface area contributed by atoms with Crippen LogP contribution in [0.4, 0.5) is 0 Å². The number of aryl methyl sites for hydroxylation is 1. The summed E-state index contributed by atoms with van der Waals surface area (Å²) >= 11 is 12.3. The van der Waals surface area contributed by atoms with E-state index in [0.29, 0.717) is 23.0 Å². The Morgan fingerprint density at radius 3 is 2.45 bits per heavy atom. The van der Waals surface area contributed by atoms with E-state index in [2.05, 4.69) is 5.32 Å². The maximum Gasteiger partial charge on any atom is 0.242 e. The van der Waals surface area contributed by atoms with Gasteiger partial charge in [-0.15, -0.1) is 0 Å². The Balaban J connectivity index is 2.17. The summed E-state index contributed by atoms with van der Waals surface area (Å²) in [7, 11) is 0. The molecule has 0 radical (unpaired) electrons. The Labute approximate surface area is 183 Å². The van der Waals surface area contributed by atoms with Crippen LogP contribution < -0.4 is 5.32 Å². The molecule has 0 heterocycles. The highest BCUT2D eigenvalue weighted by molar-refractivity contribution is 6.31. The van der Waals surface area contributed by atoms with E-state index in [4.69, 9.17) is 23.2 Å². The first-order valence-electron chi connectivity index (χ1n) is 9.89.